The summed E-state index contributed by atoms with van der Waals surface area (Å²) in [4.78, 5) is 2.08. The van der Waals surface area contributed by atoms with E-state index < -0.39 is 0 Å². The third-order valence-electron chi connectivity index (χ3n) is 4.34. The van der Waals surface area contributed by atoms with Crippen molar-refractivity contribution in [3.63, 3.8) is 0 Å². The van der Waals surface area contributed by atoms with E-state index in [4.69, 9.17) is 0 Å². The fraction of sp³-hybridized carbons (Fsp3) is 0.333. The molecule has 0 aliphatic rings. The molecule has 158 valence electrons. The minimum absolute atomic E-state index is 0. The maximum absolute atomic E-state index is 2.26. The molecule has 0 spiro atoms. The van der Waals surface area contributed by atoms with E-state index >= 15 is 0 Å². The highest BCUT2D eigenvalue weighted by molar-refractivity contribution is 6.08. The van der Waals surface area contributed by atoms with Gasteiger partial charge in [-0.25, -0.2) is 0 Å². The maximum Gasteiger partial charge on any atom is 0.0488 e. The Bertz CT molecular complexity index is 950. The van der Waals surface area contributed by atoms with Crippen LogP contribution in [0.2, 0.25) is 0 Å². The van der Waals surface area contributed by atoms with Crippen LogP contribution in [0, 0.1) is 6.92 Å². The van der Waals surface area contributed by atoms with Gasteiger partial charge in [0.2, 0.25) is 0 Å². The number of rotatable bonds is 1. The van der Waals surface area contributed by atoms with Gasteiger partial charge in [0.1, 0.15) is 0 Å². The molecule has 1 heterocycles. The van der Waals surface area contributed by atoms with Crippen LogP contribution < -0.4 is 4.90 Å². The third-order valence-corrected chi connectivity index (χ3v) is 4.34. The summed E-state index contributed by atoms with van der Waals surface area (Å²) in [6, 6.07) is 25.4. The van der Waals surface area contributed by atoms with E-state index in [1.165, 1.54) is 33.1 Å². The maximum atomic E-state index is 2.26. The zero-order valence-electron chi connectivity index (χ0n) is 18.8. The minimum atomic E-state index is 0. The Morgan fingerprint density at radius 3 is 1.72 bits per heavy atom. The van der Waals surface area contributed by atoms with Crippen LogP contribution in [0.5, 0.6) is 0 Å². The third kappa shape index (κ3) is 6.67. The molecule has 0 unspecified atom stereocenters. The van der Waals surface area contributed by atoms with E-state index in [1.807, 2.05) is 60.0 Å². The largest absolute Gasteiger partial charge is 0.378 e. The van der Waals surface area contributed by atoms with Crippen molar-refractivity contribution in [1.29, 1.82) is 0 Å². The lowest BCUT2D eigenvalue weighted by molar-refractivity contribution is 1.01. The molecule has 29 heavy (non-hydrogen) atoms. The highest BCUT2D eigenvalue weighted by Gasteiger charge is 2.06. The van der Waals surface area contributed by atoms with Crippen molar-refractivity contribution < 1.29 is 0 Å². The van der Waals surface area contributed by atoms with Crippen LogP contribution in [-0.2, 0) is 7.05 Å². The first-order chi connectivity index (χ1) is 13.6. The highest BCUT2D eigenvalue weighted by Crippen LogP contribution is 2.28. The van der Waals surface area contributed by atoms with Crippen molar-refractivity contribution >= 4 is 27.5 Å². The highest BCUT2D eigenvalue weighted by atomic mass is 15.1. The zero-order chi connectivity index (χ0) is 21.1. The number of hydrogen-bond acceptors (Lipinski definition) is 1. The van der Waals surface area contributed by atoms with Gasteiger partial charge in [0.25, 0.3) is 0 Å². The Balaban J connectivity index is 0.000000487. The van der Waals surface area contributed by atoms with Gasteiger partial charge in [-0.3, -0.25) is 0 Å². The van der Waals surface area contributed by atoms with Gasteiger partial charge in [-0.1, -0.05) is 83.1 Å². The number of aryl methyl sites for hydroxylation is 2. The van der Waals surface area contributed by atoms with Gasteiger partial charge >= 0.3 is 0 Å². The molecule has 2 heteroatoms. The molecule has 1 aromatic heterocycles. The van der Waals surface area contributed by atoms with Crippen molar-refractivity contribution in [3.05, 3.63) is 78.4 Å². The SMILES string of the molecule is C.CC.CC.CN(C)c1ccccc1.Cc1ccc2c(c1)c1ccccc1n2C. The van der Waals surface area contributed by atoms with Crippen LogP contribution in [0.1, 0.15) is 40.7 Å². The summed E-state index contributed by atoms with van der Waals surface area (Å²) in [6.07, 6.45) is 0. The first-order valence-electron chi connectivity index (χ1n) is 10.2. The molecular weight excluding hydrogens is 352 g/mol. The van der Waals surface area contributed by atoms with Gasteiger partial charge in [0.05, 0.1) is 0 Å². The monoisotopic (exact) mass is 392 g/mol. The normalized spacial score (nSPS) is 9.10. The van der Waals surface area contributed by atoms with Gasteiger partial charge in [-0.05, 0) is 37.3 Å². The Hall–Kier alpha value is -2.74. The number of aromatic nitrogens is 1. The molecule has 0 N–H and O–H groups in total. The van der Waals surface area contributed by atoms with E-state index in [0.717, 1.165) is 0 Å². The zero-order valence-corrected chi connectivity index (χ0v) is 18.8. The molecule has 4 rings (SSSR count). The quantitative estimate of drug-likeness (QED) is 0.318. The van der Waals surface area contributed by atoms with Gasteiger partial charge in [-0.15, -0.1) is 0 Å². The molecule has 0 saturated carbocycles. The lowest BCUT2D eigenvalue weighted by atomic mass is 10.1. The second-order valence-corrected chi connectivity index (χ2v) is 6.33. The predicted molar refractivity (Wildman–Crippen MR) is 135 cm³/mol. The fourth-order valence-electron chi connectivity index (χ4n) is 3.01. The lowest BCUT2D eigenvalue weighted by Gasteiger charge is -2.10. The average molecular weight is 393 g/mol. The van der Waals surface area contributed by atoms with Crippen molar-refractivity contribution in [2.45, 2.75) is 42.0 Å². The Morgan fingerprint density at radius 2 is 1.17 bits per heavy atom. The summed E-state index contributed by atoms with van der Waals surface area (Å²) in [7, 11) is 6.20. The van der Waals surface area contributed by atoms with E-state index in [2.05, 4.69) is 78.0 Å². The van der Waals surface area contributed by atoms with E-state index in [9.17, 15) is 0 Å². The summed E-state index contributed by atoms with van der Waals surface area (Å²) < 4.78 is 2.25. The molecule has 2 nitrogen and oxygen atoms in total. The Kier molecular flexibility index (Phi) is 12.2. The molecule has 0 saturated heterocycles. The molecular formula is C27H40N2. The smallest absolute Gasteiger partial charge is 0.0488 e. The second-order valence-electron chi connectivity index (χ2n) is 6.33. The summed E-state index contributed by atoms with van der Waals surface area (Å²) in [5.41, 5.74) is 5.18. The van der Waals surface area contributed by atoms with Gasteiger partial charge in [0, 0.05) is 48.6 Å². The fourth-order valence-corrected chi connectivity index (χ4v) is 3.01. The van der Waals surface area contributed by atoms with E-state index in [1.54, 1.807) is 0 Å². The van der Waals surface area contributed by atoms with E-state index in [0.29, 0.717) is 0 Å². The van der Waals surface area contributed by atoms with Gasteiger partial charge in [-0.2, -0.15) is 0 Å². The Labute approximate surface area is 178 Å². The number of hydrogen-bond donors (Lipinski definition) is 0. The standard InChI is InChI=1S/C14H13N.C8H11N.2C2H6.CH4/c1-10-7-8-14-12(9-10)11-5-3-4-6-13(11)15(14)2;1-9(2)8-6-4-3-5-7-8;2*1-2;/h3-9H,1-2H3;3-7H,1-2H3;2*1-2H3;1H4. The Morgan fingerprint density at radius 1 is 0.655 bits per heavy atom. The molecule has 0 aliphatic carbocycles. The topological polar surface area (TPSA) is 8.17 Å². The summed E-state index contributed by atoms with van der Waals surface area (Å²) in [6.45, 7) is 10.1. The number of nitrogens with zero attached hydrogens (tertiary/aromatic N) is 2. The minimum Gasteiger partial charge on any atom is -0.378 e. The lowest BCUT2D eigenvalue weighted by Crippen LogP contribution is -2.07. The molecule has 3 aromatic carbocycles. The molecule has 0 aliphatic heterocycles. The average Bonchev–Trinajstić information content (AvgIpc) is 3.04. The van der Waals surface area contributed by atoms with Crippen molar-refractivity contribution in [3.8, 4) is 0 Å². The molecule has 0 radical (unpaired) electrons. The van der Waals surface area contributed by atoms with Crippen LogP contribution in [0.25, 0.3) is 21.8 Å². The van der Waals surface area contributed by atoms with Crippen molar-refractivity contribution in [2.75, 3.05) is 19.0 Å². The second kappa shape index (κ2) is 13.4. The van der Waals surface area contributed by atoms with Crippen LogP contribution in [0.3, 0.4) is 0 Å². The molecule has 0 atom stereocenters. The van der Waals surface area contributed by atoms with Crippen LogP contribution in [-0.4, -0.2) is 18.7 Å². The van der Waals surface area contributed by atoms with E-state index in [-0.39, 0.29) is 7.43 Å². The molecule has 0 amide bonds. The molecule has 0 fully saturated rings. The number of para-hydroxylation sites is 2. The van der Waals surface area contributed by atoms with Crippen molar-refractivity contribution in [1.82, 2.24) is 4.57 Å². The van der Waals surface area contributed by atoms with Gasteiger partial charge in [0.15, 0.2) is 0 Å². The number of benzene rings is 3. The van der Waals surface area contributed by atoms with Crippen LogP contribution >= 0.6 is 0 Å². The van der Waals surface area contributed by atoms with Gasteiger partial charge < -0.3 is 9.47 Å². The summed E-state index contributed by atoms with van der Waals surface area (Å²) >= 11 is 0. The molecule has 4 aromatic rings. The number of anilines is 1. The number of fused-ring (bicyclic) bond motifs is 3. The summed E-state index contributed by atoms with van der Waals surface area (Å²) in [5, 5.41) is 2.70. The first-order valence-corrected chi connectivity index (χ1v) is 10.2. The summed E-state index contributed by atoms with van der Waals surface area (Å²) in [5.74, 6) is 0. The molecule has 0 bridgehead atoms. The first kappa shape index (κ1) is 26.3. The van der Waals surface area contributed by atoms with Crippen LogP contribution in [0.15, 0.2) is 72.8 Å². The van der Waals surface area contributed by atoms with Crippen LogP contribution in [0.4, 0.5) is 5.69 Å². The van der Waals surface area contributed by atoms with Crippen molar-refractivity contribution in [2.24, 2.45) is 7.05 Å². The predicted octanol–water partition coefficient (Wildman–Crippen LogP) is 8.08.